The van der Waals surface area contributed by atoms with E-state index >= 15 is 0 Å². The summed E-state index contributed by atoms with van der Waals surface area (Å²) in [5.74, 6) is 0.874. The van der Waals surface area contributed by atoms with Crippen LogP contribution in [0.1, 0.15) is 30.1 Å². The highest BCUT2D eigenvalue weighted by Crippen LogP contribution is 2.38. The number of likely N-dealkylation sites (tertiary alicyclic amines) is 1. The largest absolute Gasteiger partial charge is 0.495 e. The highest BCUT2D eigenvalue weighted by molar-refractivity contribution is 7.92. The predicted molar refractivity (Wildman–Crippen MR) is 123 cm³/mol. The molecular weight excluding hydrogens is 456 g/mol. The molecule has 3 rings (SSSR count). The van der Waals surface area contributed by atoms with E-state index in [2.05, 4.69) is 11.6 Å². The van der Waals surface area contributed by atoms with Crippen LogP contribution >= 0.6 is 11.6 Å². The van der Waals surface area contributed by atoms with Crippen LogP contribution in [0.3, 0.4) is 0 Å². The van der Waals surface area contributed by atoms with E-state index in [1.54, 1.807) is 11.0 Å². The molecule has 0 aromatic heterocycles. The quantitative estimate of drug-likeness (QED) is 0.640. The standard InChI is InChI=1S/C22H27ClN2O6S/c1-14-6-5-9-25(13-14)22(26)15-7-8-18(29-2)21(10-15)32(27,28)24-17-11-16(23)19(30-3)12-20(17)31-4/h7-8,10-12,14,24H,5-6,9,13H2,1-4H3/t14-/m1/s1. The van der Waals surface area contributed by atoms with Gasteiger partial charge < -0.3 is 19.1 Å². The molecule has 174 valence electrons. The molecule has 8 nitrogen and oxygen atoms in total. The summed E-state index contributed by atoms with van der Waals surface area (Å²) in [5.41, 5.74) is 0.405. The Labute approximate surface area is 193 Å². The van der Waals surface area contributed by atoms with E-state index in [0.29, 0.717) is 24.8 Å². The molecule has 2 aromatic carbocycles. The number of sulfonamides is 1. The van der Waals surface area contributed by atoms with Gasteiger partial charge in [-0.05, 0) is 43.0 Å². The fourth-order valence-electron chi connectivity index (χ4n) is 3.72. The number of nitrogens with one attached hydrogen (secondary N) is 1. The molecule has 0 bridgehead atoms. The van der Waals surface area contributed by atoms with Crippen LogP contribution in [-0.2, 0) is 10.0 Å². The monoisotopic (exact) mass is 482 g/mol. The van der Waals surface area contributed by atoms with E-state index in [1.807, 2.05) is 0 Å². The third-order valence-corrected chi connectivity index (χ3v) is 7.04. The van der Waals surface area contributed by atoms with Crippen molar-refractivity contribution in [2.45, 2.75) is 24.7 Å². The lowest BCUT2D eigenvalue weighted by Crippen LogP contribution is -2.39. The number of halogens is 1. The maximum Gasteiger partial charge on any atom is 0.265 e. The number of carbonyl (C=O) groups is 1. The van der Waals surface area contributed by atoms with Gasteiger partial charge in [-0.25, -0.2) is 8.42 Å². The summed E-state index contributed by atoms with van der Waals surface area (Å²) in [6.45, 7) is 3.39. The zero-order chi connectivity index (χ0) is 23.5. The predicted octanol–water partition coefficient (Wildman–Crippen LogP) is 4.04. The number of methoxy groups -OCH3 is 3. The molecule has 1 fully saturated rings. The first kappa shape index (κ1) is 24.0. The second-order valence-corrected chi connectivity index (χ2v) is 9.71. The summed E-state index contributed by atoms with van der Waals surface area (Å²) in [6.07, 6.45) is 2.00. The number of anilines is 1. The van der Waals surface area contributed by atoms with E-state index < -0.39 is 10.0 Å². The van der Waals surface area contributed by atoms with Gasteiger partial charge in [0.05, 0.1) is 32.0 Å². The summed E-state index contributed by atoms with van der Waals surface area (Å²) < 4.78 is 44.7. The van der Waals surface area contributed by atoms with Crippen molar-refractivity contribution < 1.29 is 27.4 Å². The van der Waals surface area contributed by atoms with Crippen LogP contribution in [0, 0.1) is 5.92 Å². The van der Waals surface area contributed by atoms with Gasteiger partial charge >= 0.3 is 0 Å². The highest BCUT2D eigenvalue weighted by Gasteiger charge is 2.27. The molecule has 2 aromatic rings. The topological polar surface area (TPSA) is 94.2 Å². The Morgan fingerprint density at radius 1 is 1.06 bits per heavy atom. The number of nitrogens with zero attached hydrogens (tertiary/aromatic N) is 1. The van der Waals surface area contributed by atoms with E-state index in [-0.39, 0.29) is 38.6 Å². The molecule has 1 saturated heterocycles. The van der Waals surface area contributed by atoms with Crippen LogP contribution in [0.15, 0.2) is 35.2 Å². The number of benzene rings is 2. The molecule has 0 spiro atoms. The fraction of sp³-hybridized carbons (Fsp3) is 0.409. The van der Waals surface area contributed by atoms with Gasteiger partial charge in [-0.15, -0.1) is 0 Å². The number of amides is 1. The lowest BCUT2D eigenvalue weighted by Gasteiger charge is -2.31. The molecule has 1 N–H and O–H groups in total. The van der Waals surface area contributed by atoms with Gasteiger partial charge in [-0.1, -0.05) is 18.5 Å². The van der Waals surface area contributed by atoms with Gasteiger partial charge in [-0.3, -0.25) is 9.52 Å². The van der Waals surface area contributed by atoms with Crippen molar-refractivity contribution in [1.82, 2.24) is 4.90 Å². The van der Waals surface area contributed by atoms with Crippen LogP contribution in [-0.4, -0.2) is 53.6 Å². The van der Waals surface area contributed by atoms with Crippen molar-refractivity contribution in [3.05, 3.63) is 40.9 Å². The number of hydrogen-bond donors (Lipinski definition) is 1. The molecule has 1 aliphatic heterocycles. The van der Waals surface area contributed by atoms with Crippen molar-refractivity contribution in [3.8, 4) is 17.2 Å². The molecule has 1 aliphatic rings. The van der Waals surface area contributed by atoms with Gasteiger partial charge in [-0.2, -0.15) is 0 Å². The van der Waals surface area contributed by atoms with Crippen LogP contribution in [0.2, 0.25) is 5.02 Å². The van der Waals surface area contributed by atoms with Crippen LogP contribution in [0.5, 0.6) is 17.2 Å². The number of carbonyl (C=O) groups excluding carboxylic acids is 1. The van der Waals surface area contributed by atoms with Crippen molar-refractivity contribution >= 4 is 33.2 Å². The van der Waals surface area contributed by atoms with E-state index in [9.17, 15) is 13.2 Å². The first-order valence-corrected chi connectivity index (χ1v) is 12.0. The minimum atomic E-state index is -4.15. The fourth-order valence-corrected chi connectivity index (χ4v) is 5.21. The first-order chi connectivity index (χ1) is 15.2. The average molecular weight is 483 g/mol. The maximum atomic E-state index is 13.3. The lowest BCUT2D eigenvalue weighted by atomic mass is 9.99. The molecule has 0 unspecified atom stereocenters. The smallest absolute Gasteiger partial charge is 0.265 e. The number of rotatable bonds is 7. The molecule has 0 saturated carbocycles. The third-order valence-electron chi connectivity index (χ3n) is 5.36. The van der Waals surface area contributed by atoms with E-state index in [4.69, 9.17) is 25.8 Å². The van der Waals surface area contributed by atoms with Crippen molar-refractivity contribution in [2.24, 2.45) is 5.92 Å². The summed E-state index contributed by atoms with van der Waals surface area (Å²) in [6, 6.07) is 7.26. The number of ether oxygens (including phenoxy) is 3. The molecule has 1 amide bonds. The minimum absolute atomic E-state index is 0.111. The zero-order valence-corrected chi connectivity index (χ0v) is 20.0. The summed E-state index contributed by atoms with van der Waals surface area (Å²) in [7, 11) is 0.0685. The van der Waals surface area contributed by atoms with Crippen LogP contribution in [0.4, 0.5) is 5.69 Å². The molecule has 1 atom stereocenters. The Kier molecular flexibility index (Phi) is 7.40. The Hall–Kier alpha value is -2.65. The molecule has 0 aliphatic carbocycles. The van der Waals surface area contributed by atoms with Crippen LogP contribution < -0.4 is 18.9 Å². The average Bonchev–Trinajstić information content (AvgIpc) is 2.78. The summed E-state index contributed by atoms with van der Waals surface area (Å²) in [4.78, 5) is 14.6. The van der Waals surface area contributed by atoms with Gasteiger partial charge in [0.1, 0.15) is 22.1 Å². The molecule has 1 heterocycles. The van der Waals surface area contributed by atoms with Gasteiger partial charge in [0.2, 0.25) is 0 Å². The summed E-state index contributed by atoms with van der Waals surface area (Å²) >= 11 is 6.17. The first-order valence-electron chi connectivity index (χ1n) is 10.1. The van der Waals surface area contributed by atoms with Crippen molar-refractivity contribution in [2.75, 3.05) is 39.1 Å². The molecular formula is C22H27ClN2O6S. The normalized spacial score (nSPS) is 16.4. The maximum absolute atomic E-state index is 13.3. The van der Waals surface area contributed by atoms with E-state index in [0.717, 1.165) is 12.8 Å². The minimum Gasteiger partial charge on any atom is -0.495 e. The van der Waals surface area contributed by atoms with E-state index in [1.165, 1.54) is 45.6 Å². The Bertz CT molecular complexity index is 1110. The van der Waals surface area contributed by atoms with Gasteiger partial charge in [0, 0.05) is 24.7 Å². The number of hydrogen-bond acceptors (Lipinski definition) is 6. The lowest BCUT2D eigenvalue weighted by molar-refractivity contribution is 0.0682. The second kappa shape index (κ2) is 9.87. The Morgan fingerprint density at radius 3 is 2.38 bits per heavy atom. The Morgan fingerprint density at radius 2 is 1.75 bits per heavy atom. The molecule has 10 heteroatoms. The molecule has 32 heavy (non-hydrogen) atoms. The van der Waals surface area contributed by atoms with Crippen molar-refractivity contribution in [1.29, 1.82) is 0 Å². The SMILES string of the molecule is COc1cc(OC)c(NS(=O)(=O)c2cc(C(=O)N3CCC[C@@H](C)C3)ccc2OC)cc1Cl. The molecule has 0 radical (unpaired) electrons. The highest BCUT2D eigenvalue weighted by atomic mass is 35.5. The second-order valence-electron chi connectivity index (χ2n) is 7.66. The van der Waals surface area contributed by atoms with Crippen molar-refractivity contribution in [3.63, 3.8) is 0 Å². The number of piperidine rings is 1. The zero-order valence-electron chi connectivity index (χ0n) is 18.5. The van der Waals surface area contributed by atoms with Gasteiger partial charge in [0.25, 0.3) is 15.9 Å². The summed E-state index contributed by atoms with van der Waals surface area (Å²) in [5, 5.41) is 0.209. The van der Waals surface area contributed by atoms with Crippen LogP contribution in [0.25, 0.3) is 0 Å². The van der Waals surface area contributed by atoms with Gasteiger partial charge in [0.15, 0.2) is 0 Å². The Balaban J connectivity index is 1.98. The third kappa shape index (κ3) is 5.05.